The fourth-order valence-electron chi connectivity index (χ4n) is 5.23. The second-order valence-corrected chi connectivity index (χ2v) is 10.2. The van der Waals surface area contributed by atoms with Crippen molar-refractivity contribution in [3.05, 3.63) is 63.7 Å². The molecule has 0 heterocycles. The standard InChI is InChI=1S/C32H42N4O3/c33-17-5-20-35-19-1-2-21-36(22-6-18-34)31(37)9-4-10-32(38)39-26-13-16-28-25(23-26)12-15-29-27-8-3-7-24(27)11-14-30(28)29/h3,7-8,11-15,23,35H,1-2,4-6,9-10,16-22,33-34H2. The highest BCUT2D eigenvalue weighted by Gasteiger charge is 2.16. The van der Waals surface area contributed by atoms with Crippen LogP contribution < -0.4 is 27.2 Å². The molecule has 0 unspecified atom stereocenters. The molecule has 0 fully saturated rings. The number of unbranched alkanes of at least 4 members (excludes halogenated alkanes) is 1. The first kappa shape index (κ1) is 28.7. The molecule has 208 valence electrons. The number of nitrogens with zero attached hydrogens (tertiary/aromatic N) is 1. The molecule has 39 heavy (non-hydrogen) atoms. The zero-order valence-electron chi connectivity index (χ0n) is 22.9. The Morgan fingerprint density at radius 3 is 2.49 bits per heavy atom. The van der Waals surface area contributed by atoms with Gasteiger partial charge in [-0.25, -0.2) is 0 Å². The molecule has 2 aromatic rings. The third kappa shape index (κ3) is 7.88. The van der Waals surface area contributed by atoms with E-state index in [1.807, 2.05) is 17.1 Å². The molecule has 5 N–H and O–H groups in total. The molecule has 2 aliphatic carbocycles. The van der Waals surface area contributed by atoms with Crippen molar-refractivity contribution >= 4 is 40.9 Å². The molecule has 7 nitrogen and oxygen atoms in total. The molecule has 0 saturated carbocycles. The average molecular weight is 531 g/mol. The van der Waals surface area contributed by atoms with Gasteiger partial charge < -0.3 is 26.4 Å². The number of benzene rings is 2. The van der Waals surface area contributed by atoms with Gasteiger partial charge in [-0.05, 0) is 109 Å². The quantitative estimate of drug-likeness (QED) is 0.227. The first-order valence-corrected chi connectivity index (χ1v) is 14.3. The highest BCUT2D eigenvalue weighted by atomic mass is 16.5. The van der Waals surface area contributed by atoms with Crippen molar-refractivity contribution in [2.75, 3.05) is 39.3 Å². The number of ether oxygens (including phenoxy) is 1. The van der Waals surface area contributed by atoms with Gasteiger partial charge in [0.2, 0.25) is 5.91 Å². The summed E-state index contributed by atoms with van der Waals surface area (Å²) in [7, 11) is 0. The largest absolute Gasteiger partial charge is 0.427 e. The summed E-state index contributed by atoms with van der Waals surface area (Å²) in [5.74, 6) is 0.359. The van der Waals surface area contributed by atoms with E-state index in [2.05, 4.69) is 47.8 Å². The van der Waals surface area contributed by atoms with Gasteiger partial charge in [-0.15, -0.1) is 0 Å². The zero-order valence-corrected chi connectivity index (χ0v) is 22.9. The monoisotopic (exact) mass is 530 g/mol. The van der Waals surface area contributed by atoms with Crippen LogP contribution in [0.5, 0.6) is 0 Å². The van der Waals surface area contributed by atoms with Crippen molar-refractivity contribution in [1.29, 1.82) is 0 Å². The Morgan fingerprint density at radius 1 is 0.872 bits per heavy atom. The van der Waals surface area contributed by atoms with Crippen molar-refractivity contribution < 1.29 is 14.3 Å². The third-order valence-electron chi connectivity index (χ3n) is 7.35. The summed E-state index contributed by atoms with van der Waals surface area (Å²) in [5.41, 5.74) is 13.7. The Labute approximate surface area is 231 Å². The first-order valence-electron chi connectivity index (χ1n) is 14.3. The minimum Gasteiger partial charge on any atom is -0.427 e. The van der Waals surface area contributed by atoms with Crippen LogP contribution in [0.1, 0.15) is 56.1 Å². The number of amides is 1. The lowest BCUT2D eigenvalue weighted by molar-refractivity contribution is -0.139. The summed E-state index contributed by atoms with van der Waals surface area (Å²) in [6.07, 6.45) is 15.7. The average Bonchev–Trinajstić information content (AvgIpc) is 3.43. The molecular weight excluding hydrogens is 488 g/mol. The molecule has 0 spiro atoms. The van der Waals surface area contributed by atoms with Crippen LogP contribution in [0.25, 0.3) is 29.0 Å². The normalized spacial score (nSPS) is 13.3. The fraction of sp³-hybridized carbons (Fsp3) is 0.438. The van der Waals surface area contributed by atoms with E-state index in [1.165, 1.54) is 27.1 Å². The lowest BCUT2D eigenvalue weighted by Crippen LogP contribution is -2.34. The van der Waals surface area contributed by atoms with E-state index in [4.69, 9.17) is 16.2 Å². The van der Waals surface area contributed by atoms with Crippen molar-refractivity contribution in [1.82, 2.24) is 10.2 Å². The van der Waals surface area contributed by atoms with Gasteiger partial charge in [-0.3, -0.25) is 9.59 Å². The van der Waals surface area contributed by atoms with Crippen molar-refractivity contribution in [2.24, 2.45) is 11.5 Å². The molecule has 2 aromatic carbocycles. The number of esters is 1. The number of nitrogens with two attached hydrogens (primary N) is 2. The Hall–Kier alpha value is -3.26. The smallest absolute Gasteiger partial charge is 0.311 e. The summed E-state index contributed by atoms with van der Waals surface area (Å²) in [6, 6.07) is 8.61. The summed E-state index contributed by atoms with van der Waals surface area (Å²) in [5, 5.41) is 8.19. The predicted molar refractivity (Wildman–Crippen MR) is 159 cm³/mol. The molecule has 7 heteroatoms. The van der Waals surface area contributed by atoms with Crippen molar-refractivity contribution in [3.63, 3.8) is 0 Å². The van der Waals surface area contributed by atoms with Crippen LogP contribution in [0.4, 0.5) is 0 Å². The lowest BCUT2D eigenvalue weighted by Gasteiger charge is -2.22. The highest BCUT2D eigenvalue weighted by molar-refractivity contribution is 5.96. The maximum atomic E-state index is 12.8. The summed E-state index contributed by atoms with van der Waals surface area (Å²) in [4.78, 5) is 27.3. The van der Waals surface area contributed by atoms with Crippen molar-refractivity contribution in [2.45, 2.75) is 51.4 Å². The Kier molecular flexibility index (Phi) is 10.9. The van der Waals surface area contributed by atoms with E-state index in [-0.39, 0.29) is 18.3 Å². The van der Waals surface area contributed by atoms with E-state index < -0.39 is 0 Å². The number of fused-ring (bicyclic) bond motifs is 5. The van der Waals surface area contributed by atoms with E-state index in [1.54, 1.807) is 0 Å². The molecule has 0 aliphatic heterocycles. The molecule has 1 amide bonds. The SMILES string of the molecule is NCCCNCCCCN(CCCN)C(=O)CCCC(=O)OC1=CCc2c(ccc3c4c(ccc23)=CC=C4)=C1. The van der Waals surface area contributed by atoms with E-state index in [9.17, 15) is 9.59 Å². The van der Waals surface area contributed by atoms with Crippen LogP contribution in [0.15, 0.2) is 42.2 Å². The fourth-order valence-corrected chi connectivity index (χ4v) is 5.23. The molecule has 0 bridgehead atoms. The third-order valence-corrected chi connectivity index (χ3v) is 7.35. The lowest BCUT2D eigenvalue weighted by atomic mass is 9.94. The number of nitrogens with one attached hydrogen (secondary N) is 1. The minimum absolute atomic E-state index is 0.0792. The van der Waals surface area contributed by atoms with Gasteiger partial charge in [-0.1, -0.05) is 42.5 Å². The summed E-state index contributed by atoms with van der Waals surface area (Å²) >= 11 is 0. The van der Waals surface area contributed by atoms with Gasteiger partial charge in [0, 0.05) is 25.9 Å². The number of allylic oxidation sites excluding steroid dienone is 3. The van der Waals surface area contributed by atoms with Crippen LogP contribution in [0.3, 0.4) is 0 Å². The van der Waals surface area contributed by atoms with Crippen LogP contribution >= 0.6 is 0 Å². The molecular formula is C32H42N4O3. The second kappa shape index (κ2) is 14.8. The molecule has 0 radical (unpaired) electrons. The van der Waals surface area contributed by atoms with E-state index in [0.717, 1.165) is 57.0 Å². The number of hydrogen-bond acceptors (Lipinski definition) is 6. The first-order chi connectivity index (χ1) is 19.1. The Balaban J connectivity index is 1.24. The number of carbonyl (C=O) groups excluding carboxylic acids is 2. The van der Waals surface area contributed by atoms with Crippen LogP contribution in [-0.2, 0) is 20.7 Å². The number of carbonyl (C=O) groups is 2. The number of rotatable bonds is 16. The van der Waals surface area contributed by atoms with Gasteiger partial charge >= 0.3 is 5.97 Å². The van der Waals surface area contributed by atoms with Gasteiger partial charge in [0.25, 0.3) is 0 Å². The maximum Gasteiger partial charge on any atom is 0.311 e. The molecule has 2 aliphatic rings. The second-order valence-electron chi connectivity index (χ2n) is 10.2. The molecule has 0 saturated heterocycles. The van der Waals surface area contributed by atoms with Gasteiger partial charge in [0.05, 0.1) is 0 Å². The van der Waals surface area contributed by atoms with E-state index in [0.29, 0.717) is 38.2 Å². The minimum atomic E-state index is -0.301. The van der Waals surface area contributed by atoms with Crippen LogP contribution in [-0.4, -0.2) is 56.0 Å². The van der Waals surface area contributed by atoms with Crippen LogP contribution in [0, 0.1) is 0 Å². The Morgan fingerprint density at radius 2 is 1.64 bits per heavy atom. The topological polar surface area (TPSA) is 111 Å². The van der Waals surface area contributed by atoms with Crippen LogP contribution in [0.2, 0.25) is 0 Å². The predicted octanol–water partition coefficient (Wildman–Crippen LogP) is 2.48. The van der Waals surface area contributed by atoms with Gasteiger partial charge in [0.15, 0.2) is 0 Å². The maximum absolute atomic E-state index is 12.8. The molecule has 0 aromatic heterocycles. The Bertz CT molecular complexity index is 1350. The summed E-state index contributed by atoms with van der Waals surface area (Å²) in [6.45, 7) is 4.49. The molecule has 4 rings (SSSR count). The summed E-state index contributed by atoms with van der Waals surface area (Å²) < 4.78 is 5.66. The molecule has 0 atom stereocenters. The number of hydrogen-bond donors (Lipinski definition) is 3. The van der Waals surface area contributed by atoms with Gasteiger partial charge in [0.1, 0.15) is 5.76 Å². The highest BCUT2D eigenvalue weighted by Crippen LogP contribution is 2.23. The zero-order chi connectivity index (χ0) is 27.5. The van der Waals surface area contributed by atoms with E-state index >= 15 is 0 Å². The van der Waals surface area contributed by atoms with Gasteiger partial charge in [-0.2, -0.15) is 0 Å². The van der Waals surface area contributed by atoms with Crippen molar-refractivity contribution in [3.8, 4) is 0 Å².